The van der Waals surface area contributed by atoms with Crippen LogP contribution in [0.4, 0.5) is 0 Å². The first kappa shape index (κ1) is 20.7. The number of halogens is 1. The van der Waals surface area contributed by atoms with Crippen molar-refractivity contribution in [3.05, 3.63) is 63.2 Å². The van der Waals surface area contributed by atoms with Crippen molar-refractivity contribution in [3.63, 3.8) is 0 Å². The van der Waals surface area contributed by atoms with Crippen LogP contribution in [0, 0.1) is 0 Å². The van der Waals surface area contributed by atoms with E-state index in [2.05, 4.69) is 9.97 Å². The lowest BCUT2D eigenvalue weighted by Crippen LogP contribution is -2.33. The highest BCUT2D eigenvalue weighted by molar-refractivity contribution is 6.31. The number of hydrogen-bond acceptors (Lipinski definition) is 5. The van der Waals surface area contributed by atoms with Crippen LogP contribution in [-0.2, 0) is 6.54 Å². The summed E-state index contributed by atoms with van der Waals surface area (Å²) in [7, 11) is 3.01. The van der Waals surface area contributed by atoms with Crippen LogP contribution in [0.2, 0.25) is 5.02 Å². The molecule has 0 unspecified atom stereocenters. The Morgan fingerprint density at radius 1 is 1.21 bits per heavy atom. The van der Waals surface area contributed by atoms with Crippen molar-refractivity contribution >= 4 is 28.4 Å². The molecule has 0 saturated carbocycles. The van der Waals surface area contributed by atoms with Crippen molar-refractivity contribution in [1.29, 1.82) is 0 Å². The number of benzene rings is 2. The first-order valence-corrected chi connectivity index (χ1v) is 9.55. The molecule has 0 aliphatic rings. The summed E-state index contributed by atoms with van der Waals surface area (Å²) < 4.78 is 10.7. The van der Waals surface area contributed by atoms with Gasteiger partial charge in [-0.2, -0.15) is 0 Å². The molecule has 29 heavy (non-hydrogen) atoms. The number of carbonyl (C=O) groups is 1. The number of ether oxygens (including phenoxy) is 2. The Morgan fingerprint density at radius 3 is 2.69 bits per heavy atom. The van der Waals surface area contributed by atoms with Gasteiger partial charge in [0.15, 0.2) is 11.5 Å². The van der Waals surface area contributed by atoms with Crippen LogP contribution < -0.4 is 15.0 Å². The molecule has 2 aromatic carbocycles. The van der Waals surface area contributed by atoms with Gasteiger partial charge in [-0.05, 0) is 36.8 Å². The van der Waals surface area contributed by atoms with E-state index in [0.29, 0.717) is 45.4 Å². The van der Waals surface area contributed by atoms with Gasteiger partial charge < -0.3 is 19.4 Å². The van der Waals surface area contributed by atoms with Gasteiger partial charge in [-0.3, -0.25) is 9.59 Å². The molecule has 152 valence electrons. The Bertz CT molecular complexity index is 1100. The van der Waals surface area contributed by atoms with Gasteiger partial charge in [-0.25, -0.2) is 4.98 Å². The number of para-hydroxylation sites is 1. The van der Waals surface area contributed by atoms with E-state index in [0.717, 1.165) is 6.42 Å². The largest absolute Gasteiger partial charge is 0.493 e. The zero-order chi connectivity index (χ0) is 21.0. The average molecular weight is 416 g/mol. The third-order valence-corrected chi connectivity index (χ3v) is 4.71. The van der Waals surface area contributed by atoms with Gasteiger partial charge in [0.1, 0.15) is 5.82 Å². The molecule has 7 nitrogen and oxygen atoms in total. The third-order valence-electron chi connectivity index (χ3n) is 4.47. The van der Waals surface area contributed by atoms with Crippen LogP contribution in [0.5, 0.6) is 11.5 Å². The molecule has 0 spiro atoms. The number of fused-ring (bicyclic) bond motifs is 1. The van der Waals surface area contributed by atoms with Gasteiger partial charge in [0.25, 0.3) is 11.5 Å². The van der Waals surface area contributed by atoms with E-state index in [1.54, 1.807) is 41.3 Å². The number of aromatic amines is 1. The van der Waals surface area contributed by atoms with Crippen LogP contribution in [0.15, 0.2) is 41.2 Å². The predicted octanol–water partition coefficient (Wildman–Crippen LogP) is 3.65. The lowest BCUT2D eigenvalue weighted by atomic mass is 10.1. The van der Waals surface area contributed by atoms with Crippen LogP contribution in [-0.4, -0.2) is 41.5 Å². The van der Waals surface area contributed by atoms with Gasteiger partial charge in [-0.1, -0.05) is 24.6 Å². The maximum Gasteiger partial charge on any atom is 0.258 e. The highest BCUT2D eigenvalue weighted by atomic mass is 35.5. The summed E-state index contributed by atoms with van der Waals surface area (Å²) in [6, 6.07) is 10.0. The minimum atomic E-state index is -0.274. The van der Waals surface area contributed by atoms with Gasteiger partial charge in [0.05, 0.1) is 37.2 Å². The number of nitrogens with zero attached hydrogens (tertiary/aromatic N) is 2. The molecule has 0 fully saturated rings. The second-order valence-corrected chi connectivity index (χ2v) is 6.88. The molecule has 1 heterocycles. The SMILES string of the molecule is CCCN(Cc1nc2cc(Cl)ccc2c(=O)[nH]1)C(=O)c1cccc(OC)c1OC. The maximum atomic E-state index is 13.2. The van der Waals surface area contributed by atoms with Gasteiger partial charge >= 0.3 is 0 Å². The van der Waals surface area contributed by atoms with Gasteiger partial charge in [0.2, 0.25) is 0 Å². The molecule has 1 aromatic heterocycles. The van der Waals surface area contributed by atoms with Gasteiger partial charge in [0, 0.05) is 11.6 Å². The lowest BCUT2D eigenvalue weighted by Gasteiger charge is -2.23. The highest BCUT2D eigenvalue weighted by Gasteiger charge is 2.22. The van der Waals surface area contributed by atoms with E-state index in [-0.39, 0.29) is 18.0 Å². The topological polar surface area (TPSA) is 84.5 Å². The van der Waals surface area contributed by atoms with E-state index in [9.17, 15) is 9.59 Å². The van der Waals surface area contributed by atoms with E-state index < -0.39 is 0 Å². The van der Waals surface area contributed by atoms with E-state index in [1.807, 2.05) is 6.92 Å². The fourth-order valence-electron chi connectivity index (χ4n) is 3.16. The fraction of sp³-hybridized carbons (Fsp3) is 0.286. The minimum Gasteiger partial charge on any atom is -0.493 e. The number of methoxy groups -OCH3 is 2. The quantitative estimate of drug-likeness (QED) is 0.636. The molecule has 1 amide bonds. The molecular formula is C21H22ClN3O4. The highest BCUT2D eigenvalue weighted by Crippen LogP contribution is 2.31. The molecule has 3 aromatic rings. The second-order valence-electron chi connectivity index (χ2n) is 6.44. The van der Waals surface area contributed by atoms with E-state index >= 15 is 0 Å². The zero-order valence-corrected chi connectivity index (χ0v) is 17.2. The Morgan fingerprint density at radius 2 is 2.00 bits per heavy atom. The number of aromatic nitrogens is 2. The molecule has 3 rings (SSSR count). The van der Waals surface area contributed by atoms with Crippen LogP contribution in [0.25, 0.3) is 10.9 Å². The standard InChI is InChI=1S/C21H22ClN3O4/c1-4-10-25(21(27)15-6-5-7-17(28-2)19(15)29-3)12-18-23-16-11-13(22)8-9-14(16)20(26)24-18/h5-9,11H,4,10,12H2,1-3H3,(H,23,24,26). The van der Waals surface area contributed by atoms with Crippen molar-refractivity contribution in [2.75, 3.05) is 20.8 Å². The monoisotopic (exact) mass is 415 g/mol. The molecule has 0 aliphatic carbocycles. The first-order valence-electron chi connectivity index (χ1n) is 9.17. The number of amides is 1. The summed E-state index contributed by atoms with van der Waals surface area (Å²) >= 11 is 6.03. The van der Waals surface area contributed by atoms with Crippen molar-refractivity contribution in [1.82, 2.24) is 14.9 Å². The Hall–Kier alpha value is -3.06. The van der Waals surface area contributed by atoms with Crippen molar-refractivity contribution < 1.29 is 14.3 Å². The number of H-pyrrole nitrogens is 1. The summed E-state index contributed by atoms with van der Waals surface area (Å²) in [5.41, 5.74) is 0.593. The van der Waals surface area contributed by atoms with Crippen molar-refractivity contribution in [2.45, 2.75) is 19.9 Å². The molecule has 0 aliphatic heterocycles. The number of hydrogen-bond donors (Lipinski definition) is 1. The molecule has 0 radical (unpaired) electrons. The normalized spacial score (nSPS) is 10.8. The minimum absolute atomic E-state index is 0.144. The molecule has 8 heteroatoms. The van der Waals surface area contributed by atoms with Crippen molar-refractivity contribution in [2.24, 2.45) is 0 Å². The van der Waals surface area contributed by atoms with E-state index in [4.69, 9.17) is 21.1 Å². The molecule has 0 bridgehead atoms. The predicted molar refractivity (Wildman–Crippen MR) is 112 cm³/mol. The van der Waals surface area contributed by atoms with Crippen LogP contribution >= 0.6 is 11.6 Å². The van der Waals surface area contributed by atoms with Crippen LogP contribution in [0.1, 0.15) is 29.5 Å². The Balaban J connectivity index is 1.98. The third kappa shape index (κ3) is 4.35. The van der Waals surface area contributed by atoms with Crippen molar-refractivity contribution in [3.8, 4) is 11.5 Å². The Labute approximate surface area is 173 Å². The molecule has 0 atom stereocenters. The molecule has 1 N–H and O–H groups in total. The summed E-state index contributed by atoms with van der Waals surface area (Å²) in [5.74, 6) is 0.986. The lowest BCUT2D eigenvalue weighted by molar-refractivity contribution is 0.0734. The van der Waals surface area contributed by atoms with Gasteiger partial charge in [-0.15, -0.1) is 0 Å². The smallest absolute Gasteiger partial charge is 0.258 e. The summed E-state index contributed by atoms with van der Waals surface area (Å²) in [6.45, 7) is 2.60. The number of nitrogens with one attached hydrogen (secondary N) is 1. The van der Waals surface area contributed by atoms with E-state index in [1.165, 1.54) is 14.2 Å². The summed E-state index contributed by atoms with van der Waals surface area (Å²) in [4.78, 5) is 34.5. The average Bonchev–Trinajstić information content (AvgIpc) is 2.71. The molecule has 0 saturated heterocycles. The first-order chi connectivity index (χ1) is 14.0. The summed E-state index contributed by atoms with van der Waals surface area (Å²) in [5, 5.41) is 0.935. The molecular weight excluding hydrogens is 394 g/mol. The Kier molecular flexibility index (Phi) is 6.39. The van der Waals surface area contributed by atoms with Crippen LogP contribution in [0.3, 0.4) is 0 Å². The second kappa shape index (κ2) is 8.96. The summed E-state index contributed by atoms with van der Waals surface area (Å²) in [6.07, 6.45) is 0.738. The zero-order valence-electron chi connectivity index (χ0n) is 16.5. The number of carbonyl (C=O) groups excluding carboxylic acids is 1. The maximum absolute atomic E-state index is 13.2. The number of rotatable bonds is 7. The fourth-order valence-corrected chi connectivity index (χ4v) is 3.33.